The molecule has 0 unspecified atom stereocenters. The van der Waals surface area contributed by atoms with Crippen LogP contribution in [0.2, 0.25) is 0 Å². The van der Waals surface area contributed by atoms with Gasteiger partial charge in [0.2, 0.25) is 0 Å². The molecule has 0 aliphatic carbocycles. The summed E-state index contributed by atoms with van der Waals surface area (Å²) < 4.78 is 10.7. The number of pyridine rings is 1. The highest BCUT2D eigenvalue weighted by Crippen LogP contribution is 2.23. The van der Waals surface area contributed by atoms with E-state index in [1.807, 2.05) is 12.1 Å². The lowest BCUT2D eigenvalue weighted by molar-refractivity contribution is 0.0699. The second-order valence-electron chi connectivity index (χ2n) is 4.43. The first kappa shape index (κ1) is 10.6. The highest BCUT2D eigenvalue weighted by Gasteiger charge is 2.14. The average Bonchev–Trinajstić information content (AvgIpc) is 2.86. The SMILES string of the molecule is c1cc2occc2c(NCC2CCOCC2)n1. The van der Waals surface area contributed by atoms with Crippen LogP contribution >= 0.6 is 0 Å². The third kappa shape index (κ3) is 2.26. The fraction of sp³-hybridized carbons (Fsp3) is 0.462. The van der Waals surface area contributed by atoms with Crippen molar-refractivity contribution in [1.29, 1.82) is 0 Å². The van der Waals surface area contributed by atoms with Gasteiger partial charge in [0.15, 0.2) is 0 Å². The van der Waals surface area contributed by atoms with E-state index in [2.05, 4.69) is 10.3 Å². The molecule has 3 rings (SSSR count). The molecular weight excluding hydrogens is 216 g/mol. The van der Waals surface area contributed by atoms with Crippen LogP contribution in [0.5, 0.6) is 0 Å². The fourth-order valence-corrected chi connectivity index (χ4v) is 2.23. The number of ether oxygens (including phenoxy) is 1. The summed E-state index contributed by atoms with van der Waals surface area (Å²) in [5.74, 6) is 1.61. The van der Waals surface area contributed by atoms with Crippen molar-refractivity contribution in [3.8, 4) is 0 Å². The van der Waals surface area contributed by atoms with Gasteiger partial charge in [0.05, 0.1) is 11.6 Å². The van der Waals surface area contributed by atoms with E-state index in [1.165, 1.54) is 0 Å². The van der Waals surface area contributed by atoms with Gasteiger partial charge in [-0.2, -0.15) is 0 Å². The molecule has 0 radical (unpaired) electrons. The van der Waals surface area contributed by atoms with E-state index in [4.69, 9.17) is 9.15 Å². The Bertz CT molecular complexity index is 489. The quantitative estimate of drug-likeness (QED) is 0.883. The molecule has 4 nitrogen and oxygen atoms in total. The minimum absolute atomic E-state index is 0.688. The average molecular weight is 232 g/mol. The topological polar surface area (TPSA) is 47.3 Å². The number of fused-ring (bicyclic) bond motifs is 1. The van der Waals surface area contributed by atoms with Crippen molar-refractivity contribution in [2.24, 2.45) is 5.92 Å². The molecule has 1 fully saturated rings. The van der Waals surface area contributed by atoms with E-state index in [1.54, 1.807) is 12.5 Å². The summed E-state index contributed by atoms with van der Waals surface area (Å²) in [5, 5.41) is 4.47. The van der Waals surface area contributed by atoms with Crippen molar-refractivity contribution in [3.05, 3.63) is 24.6 Å². The van der Waals surface area contributed by atoms with Gasteiger partial charge in [-0.05, 0) is 30.9 Å². The molecule has 4 heteroatoms. The van der Waals surface area contributed by atoms with E-state index in [9.17, 15) is 0 Å². The number of nitrogens with one attached hydrogen (secondary N) is 1. The maximum Gasteiger partial charge on any atom is 0.139 e. The Morgan fingerprint density at radius 2 is 2.18 bits per heavy atom. The number of furan rings is 1. The summed E-state index contributed by atoms with van der Waals surface area (Å²) in [6, 6.07) is 3.84. The number of hydrogen-bond acceptors (Lipinski definition) is 4. The van der Waals surface area contributed by atoms with Crippen molar-refractivity contribution >= 4 is 16.8 Å². The van der Waals surface area contributed by atoms with Gasteiger partial charge in [-0.15, -0.1) is 0 Å². The van der Waals surface area contributed by atoms with Crippen LogP contribution in [0.15, 0.2) is 29.0 Å². The number of nitrogens with zero attached hydrogens (tertiary/aromatic N) is 1. The Hall–Kier alpha value is -1.55. The van der Waals surface area contributed by atoms with Crippen LogP contribution in [-0.2, 0) is 4.74 Å². The molecule has 1 saturated heterocycles. The van der Waals surface area contributed by atoms with E-state index in [-0.39, 0.29) is 0 Å². The van der Waals surface area contributed by atoms with Gasteiger partial charge in [0, 0.05) is 26.0 Å². The largest absolute Gasteiger partial charge is 0.464 e. The normalized spacial score (nSPS) is 17.4. The van der Waals surface area contributed by atoms with Crippen LogP contribution in [0.25, 0.3) is 11.0 Å². The monoisotopic (exact) mass is 232 g/mol. The van der Waals surface area contributed by atoms with E-state index >= 15 is 0 Å². The summed E-state index contributed by atoms with van der Waals surface area (Å²) >= 11 is 0. The van der Waals surface area contributed by atoms with Crippen molar-refractivity contribution in [3.63, 3.8) is 0 Å². The first-order chi connectivity index (χ1) is 8.43. The Morgan fingerprint density at radius 1 is 1.29 bits per heavy atom. The highest BCUT2D eigenvalue weighted by atomic mass is 16.5. The Labute approximate surface area is 100.0 Å². The molecule has 3 heterocycles. The molecule has 1 aliphatic rings. The maximum atomic E-state index is 5.35. The summed E-state index contributed by atoms with van der Waals surface area (Å²) in [4.78, 5) is 4.36. The van der Waals surface area contributed by atoms with Gasteiger partial charge in [-0.1, -0.05) is 0 Å². The lowest BCUT2D eigenvalue weighted by Crippen LogP contribution is -2.22. The zero-order valence-corrected chi connectivity index (χ0v) is 9.69. The predicted octanol–water partition coefficient (Wildman–Crippen LogP) is 2.67. The summed E-state index contributed by atoms with van der Waals surface area (Å²) in [7, 11) is 0. The summed E-state index contributed by atoms with van der Waals surface area (Å²) in [6.45, 7) is 2.73. The number of aromatic nitrogens is 1. The third-order valence-corrected chi connectivity index (χ3v) is 3.28. The van der Waals surface area contributed by atoms with Crippen LogP contribution in [0, 0.1) is 5.92 Å². The van der Waals surface area contributed by atoms with Gasteiger partial charge >= 0.3 is 0 Å². The molecular formula is C13H16N2O2. The van der Waals surface area contributed by atoms with Crippen LogP contribution in [0.3, 0.4) is 0 Å². The fourth-order valence-electron chi connectivity index (χ4n) is 2.23. The minimum atomic E-state index is 0.688. The molecule has 0 atom stereocenters. The minimum Gasteiger partial charge on any atom is -0.464 e. The second kappa shape index (κ2) is 4.75. The molecule has 1 N–H and O–H groups in total. The molecule has 0 spiro atoms. The molecule has 0 bridgehead atoms. The van der Waals surface area contributed by atoms with Crippen LogP contribution in [0.4, 0.5) is 5.82 Å². The van der Waals surface area contributed by atoms with Gasteiger partial charge in [-0.25, -0.2) is 4.98 Å². The van der Waals surface area contributed by atoms with Gasteiger partial charge in [0.25, 0.3) is 0 Å². The summed E-state index contributed by atoms with van der Waals surface area (Å²) in [6.07, 6.45) is 5.74. The third-order valence-electron chi connectivity index (χ3n) is 3.28. The smallest absolute Gasteiger partial charge is 0.139 e. The number of rotatable bonds is 3. The highest BCUT2D eigenvalue weighted by molar-refractivity contribution is 5.87. The Kier molecular flexibility index (Phi) is 2.96. The Morgan fingerprint density at radius 3 is 3.06 bits per heavy atom. The van der Waals surface area contributed by atoms with Gasteiger partial charge in [-0.3, -0.25) is 0 Å². The first-order valence-corrected chi connectivity index (χ1v) is 6.07. The van der Waals surface area contributed by atoms with E-state index in [0.717, 1.165) is 49.4 Å². The number of anilines is 1. The predicted molar refractivity (Wildman–Crippen MR) is 66.0 cm³/mol. The van der Waals surface area contributed by atoms with Crippen LogP contribution in [0.1, 0.15) is 12.8 Å². The van der Waals surface area contributed by atoms with Crippen molar-refractivity contribution < 1.29 is 9.15 Å². The van der Waals surface area contributed by atoms with E-state index in [0.29, 0.717) is 5.92 Å². The molecule has 2 aromatic heterocycles. The van der Waals surface area contributed by atoms with Gasteiger partial charge in [0.1, 0.15) is 11.4 Å². The van der Waals surface area contributed by atoms with Gasteiger partial charge < -0.3 is 14.5 Å². The van der Waals surface area contributed by atoms with Crippen LogP contribution < -0.4 is 5.32 Å². The molecule has 17 heavy (non-hydrogen) atoms. The first-order valence-electron chi connectivity index (χ1n) is 6.07. The zero-order chi connectivity index (χ0) is 11.5. The van der Waals surface area contributed by atoms with E-state index < -0.39 is 0 Å². The lowest BCUT2D eigenvalue weighted by Gasteiger charge is -2.22. The molecule has 1 aliphatic heterocycles. The lowest BCUT2D eigenvalue weighted by atomic mass is 10.0. The van der Waals surface area contributed by atoms with Crippen molar-refractivity contribution in [2.75, 3.05) is 25.1 Å². The summed E-state index contributed by atoms with van der Waals surface area (Å²) in [5.41, 5.74) is 0.884. The standard InChI is InChI=1S/C13H16N2O2/c1-5-14-13(11-4-8-17-12(1)11)15-9-10-2-6-16-7-3-10/h1,4-5,8,10H,2-3,6-7,9H2,(H,14,15). The van der Waals surface area contributed by atoms with Crippen LogP contribution in [-0.4, -0.2) is 24.7 Å². The maximum absolute atomic E-state index is 5.35. The Balaban J connectivity index is 1.69. The molecule has 0 saturated carbocycles. The van der Waals surface area contributed by atoms with Crippen molar-refractivity contribution in [1.82, 2.24) is 4.98 Å². The zero-order valence-electron chi connectivity index (χ0n) is 9.69. The number of hydrogen-bond donors (Lipinski definition) is 1. The molecule has 90 valence electrons. The molecule has 0 amide bonds. The molecule has 0 aromatic carbocycles. The molecule has 2 aromatic rings. The second-order valence-corrected chi connectivity index (χ2v) is 4.43. The van der Waals surface area contributed by atoms with Crippen molar-refractivity contribution in [2.45, 2.75) is 12.8 Å².